The van der Waals surface area contributed by atoms with Gasteiger partial charge in [-0.15, -0.1) is 0 Å². The standard InChI is InChI=1S/C11H12FN5O2S/c1-6-2-3-7(12)4-9(6)20(18,19)17-11-8(10(13)14)5-15-16-11/h2-5H,1H3,(H3,13,14)(H2,15,16,17). The second kappa shape index (κ2) is 4.93. The minimum atomic E-state index is -4.01. The molecule has 106 valence electrons. The van der Waals surface area contributed by atoms with E-state index in [0.29, 0.717) is 5.56 Å². The molecular weight excluding hydrogens is 285 g/mol. The number of halogens is 1. The summed E-state index contributed by atoms with van der Waals surface area (Å²) in [6.45, 7) is 1.55. The van der Waals surface area contributed by atoms with Gasteiger partial charge in [-0.2, -0.15) is 5.10 Å². The van der Waals surface area contributed by atoms with E-state index in [1.807, 2.05) is 0 Å². The molecule has 0 saturated heterocycles. The molecule has 0 spiro atoms. The summed E-state index contributed by atoms with van der Waals surface area (Å²) in [6, 6.07) is 3.45. The van der Waals surface area contributed by atoms with Crippen molar-refractivity contribution in [2.45, 2.75) is 11.8 Å². The van der Waals surface area contributed by atoms with Crippen molar-refractivity contribution >= 4 is 21.7 Å². The van der Waals surface area contributed by atoms with Gasteiger partial charge >= 0.3 is 0 Å². The SMILES string of the molecule is Cc1ccc(F)cc1S(=O)(=O)Nc1[nH]ncc1C(=N)N. The molecule has 0 bridgehead atoms. The van der Waals surface area contributed by atoms with Crippen molar-refractivity contribution in [3.8, 4) is 0 Å². The van der Waals surface area contributed by atoms with Crippen LogP contribution in [0.3, 0.4) is 0 Å². The maximum atomic E-state index is 13.2. The lowest BCUT2D eigenvalue weighted by Gasteiger charge is -2.10. The largest absolute Gasteiger partial charge is 0.384 e. The Hall–Kier alpha value is -2.42. The summed E-state index contributed by atoms with van der Waals surface area (Å²) in [6.07, 6.45) is 1.22. The van der Waals surface area contributed by atoms with Crippen molar-refractivity contribution in [2.24, 2.45) is 5.73 Å². The number of aromatic nitrogens is 2. The van der Waals surface area contributed by atoms with Crippen LogP contribution in [0.1, 0.15) is 11.1 Å². The molecule has 0 amide bonds. The van der Waals surface area contributed by atoms with E-state index in [0.717, 1.165) is 6.07 Å². The lowest BCUT2D eigenvalue weighted by atomic mass is 10.2. The van der Waals surface area contributed by atoms with Crippen LogP contribution in [0.5, 0.6) is 0 Å². The number of amidine groups is 1. The van der Waals surface area contributed by atoms with Gasteiger partial charge in [0.25, 0.3) is 10.0 Å². The van der Waals surface area contributed by atoms with E-state index in [9.17, 15) is 12.8 Å². The number of nitrogens with one attached hydrogen (secondary N) is 3. The predicted octanol–water partition coefficient (Wildman–Crippen LogP) is 0.942. The predicted molar refractivity (Wildman–Crippen MR) is 71.5 cm³/mol. The highest BCUT2D eigenvalue weighted by Crippen LogP contribution is 2.21. The molecule has 0 aliphatic rings. The summed E-state index contributed by atoms with van der Waals surface area (Å²) in [4.78, 5) is -0.193. The summed E-state index contributed by atoms with van der Waals surface area (Å²) in [5.74, 6) is -1.04. The van der Waals surface area contributed by atoms with Gasteiger partial charge in [-0.1, -0.05) is 6.07 Å². The number of rotatable bonds is 4. The summed E-state index contributed by atoms with van der Waals surface area (Å²) < 4.78 is 39.8. The Bertz CT molecular complexity index is 769. The third-order valence-corrected chi connectivity index (χ3v) is 4.10. The quantitative estimate of drug-likeness (QED) is 0.495. The first-order valence-corrected chi connectivity index (χ1v) is 6.96. The molecule has 0 aliphatic carbocycles. The number of aromatic amines is 1. The van der Waals surface area contributed by atoms with Crippen molar-refractivity contribution in [1.82, 2.24) is 10.2 Å². The molecule has 0 radical (unpaired) electrons. The van der Waals surface area contributed by atoms with E-state index < -0.39 is 15.8 Å². The van der Waals surface area contributed by atoms with Gasteiger partial charge < -0.3 is 5.73 Å². The molecule has 1 aromatic heterocycles. The van der Waals surface area contributed by atoms with Crippen LogP contribution >= 0.6 is 0 Å². The Morgan fingerprint density at radius 2 is 2.20 bits per heavy atom. The third-order valence-electron chi connectivity index (χ3n) is 2.61. The van der Waals surface area contributed by atoms with Crippen molar-refractivity contribution in [3.63, 3.8) is 0 Å². The normalized spacial score (nSPS) is 11.3. The highest BCUT2D eigenvalue weighted by Gasteiger charge is 2.20. The fourth-order valence-corrected chi connectivity index (χ4v) is 2.91. The van der Waals surface area contributed by atoms with Crippen LogP contribution in [-0.2, 0) is 10.0 Å². The van der Waals surface area contributed by atoms with E-state index in [2.05, 4.69) is 14.9 Å². The summed E-state index contributed by atoms with van der Waals surface area (Å²) in [5, 5.41) is 13.3. The van der Waals surface area contributed by atoms with Gasteiger partial charge in [-0.25, -0.2) is 12.8 Å². The van der Waals surface area contributed by atoms with E-state index in [4.69, 9.17) is 11.1 Å². The van der Waals surface area contributed by atoms with Crippen LogP contribution in [0.2, 0.25) is 0 Å². The monoisotopic (exact) mass is 297 g/mol. The van der Waals surface area contributed by atoms with Crippen LogP contribution in [0, 0.1) is 18.2 Å². The zero-order valence-corrected chi connectivity index (χ0v) is 11.3. The first kappa shape index (κ1) is 14.0. The van der Waals surface area contributed by atoms with E-state index in [1.54, 1.807) is 6.92 Å². The molecule has 0 unspecified atom stereocenters. The number of hydrogen-bond acceptors (Lipinski definition) is 4. The molecule has 0 aliphatic heterocycles. The number of nitrogens with zero attached hydrogens (tertiary/aromatic N) is 1. The van der Waals surface area contributed by atoms with Crippen LogP contribution in [0.15, 0.2) is 29.3 Å². The number of hydrogen-bond donors (Lipinski definition) is 4. The van der Waals surface area contributed by atoms with Crippen molar-refractivity contribution in [3.05, 3.63) is 41.3 Å². The maximum absolute atomic E-state index is 13.2. The van der Waals surface area contributed by atoms with Gasteiger partial charge in [0.1, 0.15) is 17.5 Å². The van der Waals surface area contributed by atoms with Crippen LogP contribution in [0.4, 0.5) is 10.2 Å². The Morgan fingerprint density at radius 1 is 1.50 bits per heavy atom. The van der Waals surface area contributed by atoms with Gasteiger partial charge in [0.15, 0.2) is 0 Å². The Labute approximate surface area is 114 Å². The fraction of sp³-hybridized carbons (Fsp3) is 0.0909. The zero-order valence-electron chi connectivity index (χ0n) is 10.4. The summed E-state index contributed by atoms with van der Waals surface area (Å²) >= 11 is 0. The molecule has 1 aromatic carbocycles. The molecule has 7 nitrogen and oxygen atoms in total. The fourth-order valence-electron chi connectivity index (χ4n) is 1.62. The summed E-state index contributed by atoms with van der Waals surface area (Å²) in [5.41, 5.74) is 5.80. The van der Waals surface area contributed by atoms with Crippen molar-refractivity contribution < 1.29 is 12.8 Å². The van der Waals surface area contributed by atoms with Crippen molar-refractivity contribution in [2.75, 3.05) is 4.72 Å². The molecule has 20 heavy (non-hydrogen) atoms. The van der Waals surface area contributed by atoms with Crippen LogP contribution in [0.25, 0.3) is 0 Å². The van der Waals surface area contributed by atoms with Gasteiger partial charge in [0, 0.05) is 0 Å². The Balaban J connectivity index is 2.44. The lowest BCUT2D eigenvalue weighted by molar-refractivity contribution is 0.594. The average Bonchev–Trinajstić information content (AvgIpc) is 2.79. The molecule has 9 heteroatoms. The topological polar surface area (TPSA) is 125 Å². The van der Waals surface area contributed by atoms with Crippen LogP contribution in [-0.4, -0.2) is 24.5 Å². The first-order valence-electron chi connectivity index (χ1n) is 5.48. The second-order valence-electron chi connectivity index (χ2n) is 4.09. The maximum Gasteiger partial charge on any atom is 0.263 e. The Kier molecular flexibility index (Phi) is 3.45. The average molecular weight is 297 g/mol. The van der Waals surface area contributed by atoms with Crippen molar-refractivity contribution in [1.29, 1.82) is 5.41 Å². The molecule has 0 saturated carbocycles. The highest BCUT2D eigenvalue weighted by atomic mass is 32.2. The van der Waals surface area contributed by atoms with E-state index >= 15 is 0 Å². The number of nitrogens with two attached hydrogens (primary N) is 1. The number of H-pyrrole nitrogens is 1. The molecule has 2 aromatic rings. The third kappa shape index (κ3) is 2.62. The number of benzene rings is 1. The van der Waals surface area contributed by atoms with Gasteiger partial charge in [0.2, 0.25) is 0 Å². The number of nitrogen functional groups attached to an aromatic ring is 1. The van der Waals surface area contributed by atoms with E-state index in [1.165, 1.54) is 18.3 Å². The number of aryl methyl sites for hydroxylation is 1. The molecule has 1 heterocycles. The minimum absolute atomic E-state index is 0.0406. The minimum Gasteiger partial charge on any atom is -0.384 e. The van der Waals surface area contributed by atoms with Crippen LogP contribution < -0.4 is 10.5 Å². The summed E-state index contributed by atoms with van der Waals surface area (Å²) in [7, 11) is -4.01. The van der Waals surface area contributed by atoms with Gasteiger partial charge in [0.05, 0.1) is 16.7 Å². The van der Waals surface area contributed by atoms with E-state index in [-0.39, 0.29) is 22.1 Å². The lowest BCUT2D eigenvalue weighted by Crippen LogP contribution is -2.18. The zero-order chi connectivity index (χ0) is 14.9. The molecule has 2 rings (SSSR count). The van der Waals surface area contributed by atoms with Gasteiger partial charge in [-0.3, -0.25) is 15.2 Å². The Morgan fingerprint density at radius 3 is 2.85 bits per heavy atom. The highest BCUT2D eigenvalue weighted by molar-refractivity contribution is 7.92. The number of sulfonamides is 1. The first-order chi connectivity index (χ1) is 9.31. The molecule has 0 atom stereocenters. The molecule has 5 N–H and O–H groups in total. The second-order valence-corrected chi connectivity index (χ2v) is 5.74. The number of anilines is 1. The van der Waals surface area contributed by atoms with Gasteiger partial charge in [-0.05, 0) is 24.6 Å². The molecular formula is C11H12FN5O2S. The molecule has 0 fully saturated rings. The smallest absolute Gasteiger partial charge is 0.263 e.